The lowest BCUT2D eigenvalue weighted by Crippen LogP contribution is -2.30. The first-order valence-corrected chi connectivity index (χ1v) is 17.9. The Balaban J connectivity index is 1.19. The quantitative estimate of drug-likeness (QED) is 0.0901. The molecule has 8 nitrogen and oxygen atoms in total. The molecule has 0 radical (unpaired) electrons. The Morgan fingerprint density at radius 1 is 0.780 bits per heavy atom. The van der Waals surface area contributed by atoms with E-state index in [0.717, 1.165) is 39.4 Å². The lowest BCUT2D eigenvalue weighted by molar-refractivity contribution is -0.139. The molecule has 0 saturated heterocycles. The highest BCUT2D eigenvalue weighted by atomic mass is 32.1. The van der Waals surface area contributed by atoms with Crippen LogP contribution in [0.25, 0.3) is 10.6 Å². The molecule has 4 aromatic carbocycles. The maximum atomic E-state index is 13.5. The fraction of sp³-hybridized carbons (Fsp3) is 0.268. The van der Waals surface area contributed by atoms with Crippen LogP contribution in [0.4, 0.5) is 0 Å². The number of aryl methyl sites for hydroxylation is 2. The molecule has 5 aromatic rings. The molecule has 0 aliphatic heterocycles. The third-order valence-corrected chi connectivity index (χ3v) is 9.27. The topological polar surface area (TPSA) is 109 Å². The number of hydrogen-bond acceptors (Lipinski definition) is 6. The van der Waals surface area contributed by atoms with E-state index in [-0.39, 0.29) is 11.8 Å². The number of carbonyl (C=O) groups is 3. The summed E-state index contributed by atoms with van der Waals surface area (Å²) in [7, 11) is 0. The zero-order valence-electron chi connectivity index (χ0n) is 28.3. The van der Waals surface area contributed by atoms with Gasteiger partial charge in [-0.25, -0.2) is 9.78 Å². The first-order valence-electron chi connectivity index (χ1n) is 17.0. The maximum Gasteiger partial charge on any atom is 0.341 e. The van der Waals surface area contributed by atoms with E-state index in [4.69, 9.17) is 14.8 Å². The third-order valence-electron chi connectivity index (χ3n) is 8.33. The Bertz CT molecular complexity index is 1820. The van der Waals surface area contributed by atoms with Gasteiger partial charge in [-0.15, -0.1) is 11.3 Å². The molecule has 0 bridgehead atoms. The van der Waals surface area contributed by atoms with Crippen molar-refractivity contribution in [3.63, 3.8) is 0 Å². The zero-order valence-corrected chi connectivity index (χ0v) is 29.2. The van der Waals surface area contributed by atoms with Gasteiger partial charge in [-0.1, -0.05) is 98.6 Å². The van der Waals surface area contributed by atoms with Gasteiger partial charge in [0.15, 0.2) is 6.61 Å². The molecule has 0 atom stereocenters. The summed E-state index contributed by atoms with van der Waals surface area (Å²) in [6.07, 6.45) is 5.72. The van der Waals surface area contributed by atoms with Crippen molar-refractivity contribution in [2.24, 2.45) is 0 Å². The second kappa shape index (κ2) is 18.5. The molecule has 0 spiro atoms. The maximum absolute atomic E-state index is 13.5. The minimum atomic E-state index is -1.04. The number of amides is 2. The fourth-order valence-corrected chi connectivity index (χ4v) is 6.32. The Hall–Kier alpha value is -5.28. The van der Waals surface area contributed by atoms with Crippen LogP contribution in [0, 0.1) is 0 Å². The number of nitrogens with zero attached hydrogens (tertiary/aromatic N) is 2. The number of aliphatic carboxylic acids is 1. The number of unbranched alkanes of at least 4 members (excludes halogenated alkanes) is 2. The first kappa shape index (κ1) is 36.0. The lowest BCUT2D eigenvalue weighted by atomic mass is 10.1. The molecule has 0 aliphatic carbocycles. The molecule has 9 heteroatoms. The second-order valence-electron chi connectivity index (χ2n) is 12.2. The number of aromatic nitrogens is 1. The van der Waals surface area contributed by atoms with Crippen LogP contribution in [-0.4, -0.2) is 39.4 Å². The molecule has 0 saturated carbocycles. The van der Waals surface area contributed by atoms with Crippen molar-refractivity contribution < 1.29 is 24.2 Å². The van der Waals surface area contributed by atoms with Gasteiger partial charge < -0.3 is 20.1 Å². The van der Waals surface area contributed by atoms with Crippen LogP contribution in [0.3, 0.4) is 0 Å². The van der Waals surface area contributed by atoms with E-state index >= 15 is 0 Å². The minimum Gasteiger partial charge on any atom is -0.482 e. The first-order chi connectivity index (χ1) is 24.4. The number of rotatable bonds is 18. The Morgan fingerprint density at radius 3 is 2.16 bits per heavy atom. The van der Waals surface area contributed by atoms with E-state index in [2.05, 4.69) is 36.5 Å². The predicted molar refractivity (Wildman–Crippen MR) is 197 cm³/mol. The van der Waals surface area contributed by atoms with Crippen molar-refractivity contribution in [2.45, 2.75) is 65.1 Å². The summed E-state index contributed by atoms with van der Waals surface area (Å²) in [6, 6.07) is 32.9. The molecule has 258 valence electrons. The van der Waals surface area contributed by atoms with E-state index in [1.807, 2.05) is 72.1 Å². The molecule has 50 heavy (non-hydrogen) atoms. The number of carbonyl (C=O) groups excluding carboxylic acids is 2. The lowest BCUT2D eigenvalue weighted by Gasteiger charge is -2.22. The molecular weight excluding hydrogens is 647 g/mol. The number of ether oxygens (including phenoxy) is 1. The van der Waals surface area contributed by atoms with Crippen molar-refractivity contribution in [3.05, 3.63) is 142 Å². The van der Waals surface area contributed by atoms with E-state index in [1.165, 1.54) is 36.2 Å². The highest BCUT2D eigenvalue weighted by Crippen LogP contribution is 2.26. The molecule has 0 fully saturated rings. The van der Waals surface area contributed by atoms with Gasteiger partial charge in [-0.2, -0.15) is 0 Å². The highest BCUT2D eigenvalue weighted by molar-refractivity contribution is 7.13. The van der Waals surface area contributed by atoms with Gasteiger partial charge in [0.2, 0.25) is 5.91 Å². The molecule has 0 aliphatic rings. The summed E-state index contributed by atoms with van der Waals surface area (Å²) >= 11 is 1.50. The Morgan fingerprint density at radius 2 is 1.46 bits per heavy atom. The summed E-state index contributed by atoms with van der Waals surface area (Å²) in [6.45, 7) is 2.96. The summed E-state index contributed by atoms with van der Waals surface area (Å²) in [5, 5.41) is 14.7. The van der Waals surface area contributed by atoms with E-state index in [9.17, 15) is 14.4 Å². The van der Waals surface area contributed by atoms with E-state index in [0.29, 0.717) is 43.8 Å². The third kappa shape index (κ3) is 11.1. The summed E-state index contributed by atoms with van der Waals surface area (Å²) in [5.74, 6) is -0.714. The van der Waals surface area contributed by atoms with Crippen molar-refractivity contribution in [3.8, 4) is 16.3 Å². The second-order valence-corrected chi connectivity index (χ2v) is 13.1. The van der Waals surface area contributed by atoms with Gasteiger partial charge in [0.05, 0.1) is 12.2 Å². The van der Waals surface area contributed by atoms with E-state index < -0.39 is 12.6 Å². The number of benzene rings is 4. The monoisotopic (exact) mass is 689 g/mol. The van der Waals surface area contributed by atoms with Crippen LogP contribution >= 0.6 is 11.3 Å². The van der Waals surface area contributed by atoms with Crippen LogP contribution in [0.1, 0.15) is 70.9 Å². The summed E-state index contributed by atoms with van der Waals surface area (Å²) in [4.78, 5) is 43.9. The van der Waals surface area contributed by atoms with Crippen molar-refractivity contribution in [1.29, 1.82) is 0 Å². The van der Waals surface area contributed by atoms with Crippen LogP contribution < -0.4 is 10.1 Å². The van der Waals surface area contributed by atoms with Crippen LogP contribution in [0.15, 0.2) is 109 Å². The number of thiazole rings is 1. The average Bonchev–Trinajstić information content (AvgIpc) is 3.62. The Labute approximate surface area is 297 Å². The van der Waals surface area contributed by atoms with Crippen molar-refractivity contribution in [2.75, 3.05) is 6.61 Å². The van der Waals surface area contributed by atoms with Crippen molar-refractivity contribution in [1.82, 2.24) is 15.2 Å². The van der Waals surface area contributed by atoms with Gasteiger partial charge in [0.25, 0.3) is 5.91 Å². The molecular formula is C41H43N3O5S. The van der Waals surface area contributed by atoms with Gasteiger partial charge in [0.1, 0.15) is 10.8 Å². The predicted octanol–water partition coefficient (Wildman–Crippen LogP) is 8.10. The average molecular weight is 690 g/mol. The zero-order chi connectivity index (χ0) is 35.1. The molecule has 2 amide bonds. The van der Waals surface area contributed by atoms with Gasteiger partial charge >= 0.3 is 5.97 Å². The summed E-state index contributed by atoms with van der Waals surface area (Å²) < 4.78 is 5.26. The number of hydrogen-bond donors (Lipinski definition) is 2. The fourth-order valence-electron chi connectivity index (χ4n) is 5.50. The van der Waals surface area contributed by atoms with Crippen LogP contribution in [0.5, 0.6) is 5.75 Å². The van der Waals surface area contributed by atoms with Crippen molar-refractivity contribution >= 4 is 29.1 Å². The SMILES string of the molecule is CCCCCc1ccc(CNC(=O)c2ccc(-c3nc(CN(Cc4ccc(OCC(=O)O)cc4)C(=O)CCc4ccccc4)cs3)cc2)cc1. The molecule has 1 aromatic heterocycles. The van der Waals surface area contributed by atoms with Gasteiger partial charge in [0, 0.05) is 36.0 Å². The standard InChI is InChI=1S/C41H43N3O5S/c1-2-3-5-8-31-11-13-32(14-12-31)25-42-40(48)34-18-20-35(21-19-34)41-43-36(29-50-41)27-44(38(45)24-17-30-9-6-4-7-10-30)26-33-15-22-37(23-16-33)49-28-39(46)47/h4,6-7,9-16,18-23,29H,2-3,5,8,17,24-28H2,1H3,(H,42,48)(H,46,47). The van der Waals surface area contributed by atoms with E-state index in [1.54, 1.807) is 17.0 Å². The number of carboxylic acids is 1. The Kier molecular flexibility index (Phi) is 13.3. The minimum absolute atomic E-state index is 0.00730. The van der Waals surface area contributed by atoms with Gasteiger partial charge in [-0.05, 0) is 65.8 Å². The molecule has 0 unspecified atom stereocenters. The van der Waals surface area contributed by atoms with Crippen LogP contribution in [0.2, 0.25) is 0 Å². The molecule has 1 heterocycles. The largest absolute Gasteiger partial charge is 0.482 e. The summed E-state index contributed by atoms with van der Waals surface area (Å²) in [5.41, 5.74) is 6.64. The normalized spacial score (nSPS) is 10.8. The highest BCUT2D eigenvalue weighted by Gasteiger charge is 2.18. The molecule has 2 N–H and O–H groups in total. The number of nitrogens with one attached hydrogen (secondary N) is 1. The molecule has 5 rings (SSSR count). The smallest absolute Gasteiger partial charge is 0.341 e. The van der Waals surface area contributed by atoms with Crippen LogP contribution in [-0.2, 0) is 42.1 Å². The van der Waals surface area contributed by atoms with Gasteiger partial charge in [-0.3, -0.25) is 9.59 Å². The number of carboxylic acid groups (broad SMARTS) is 1.